The number of allylic oxidation sites excluding steroid dienone is 1. The summed E-state index contributed by atoms with van der Waals surface area (Å²) in [5.41, 5.74) is -6.00. The summed E-state index contributed by atoms with van der Waals surface area (Å²) in [4.78, 5) is 13.7. The first-order chi connectivity index (χ1) is 9.75. The van der Waals surface area contributed by atoms with Gasteiger partial charge in [0.15, 0.2) is 0 Å². The van der Waals surface area contributed by atoms with Crippen LogP contribution in [0.3, 0.4) is 0 Å². The lowest BCUT2D eigenvalue weighted by molar-refractivity contribution is -0.140. The molecule has 0 aromatic rings. The van der Waals surface area contributed by atoms with Gasteiger partial charge >= 0.3 is 15.6 Å². The van der Waals surface area contributed by atoms with Gasteiger partial charge in [-0.05, 0) is 18.9 Å². The van der Waals surface area contributed by atoms with E-state index >= 15 is 0 Å². The Bertz CT molecular complexity index is 561. The van der Waals surface area contributed by atoms with E-state index in [9.17, 15) is 26.4 Å². The van der Waals surface area contributed by atoms with Gasteiger partial charge in [-0.25, -0.2) is 0 Å². The zero-order chi connectivity index (χ0) is 17.3. The summed E-state index contributed by atoms with van der Waals surface area (Å²) in [6.07, 6.45) is 1.92. The first-order valence-corrected chi connectivity index (χ1v) is 8.13. The molecule has 0 saturated heterocycles. The molecule has 128 valence electrons. The molecule has 0 heterocycles. The van der Waals surface area contributed by atoms with Crippen molar-refractivity contribution >= 4 is 16.0 Å². The summed E-state index contributed by atoms with van der Waals surface area (Å²) in [5, 5.41) is 0. The molecule has 0 aromatic heterocycles. The number of alkyl halides is 3. The van der Waals surface area contributed by atoms with Crippen molar-refractivity contribution in [2.45, 2.75) is 51.6 Å². The van der Waals surface area contributed by atoms with Gasteiger partial charge in [-0.15, -0.1) is 0 Å². The molecule has 22 heavy (non-hydrogen) atoms. The van der Waals surface area contributed by atoms with E-state index in [0.29, 0.717) is 6.42 Å². The van der Waals surface area contributed by atoms with Gasteiger partial charge in [0.2, 0.25) is 5.91 Å². The number of hydrogen-bond donors (Lipinski definition) is 0. The van der Waals surface area contributed by atoms with Crippen molar-refractivity contribution in [1.82, 2.24) is 4.90 Å². The number of carbonyl (C=O) groups is 1. The van der Waals surface area contributed by atoms with Crippen LogP contribution >= 0.6 is 0 Å². The predicted octanol–water partition coefficient (Wildman–Crippen LogP) is 2.79. The number of halogens is 3. The van der Waals surface area contributed by atoms with Crippen molar-refractivity contribution in [3.8, 4) is 0 Å². The van der Waals surface area contributed by atoms with Crippen LogP contribution in [0.5, 0.6) is 0 Å². The maximum Gasteiger partial charge on any atom is 0.534 e. The minimum absolute atomic E-state index is 0.0295. The molecule has 0 N–H and O–H groups in total. The van der Waals surface area contributed by atoms with Crippen molar-refractivity contribution in [2.24, 2.45) is 5.41 Å². The Morgan fingerprint density at radius 3 is 2.23 bits per heavy atom. The summed E-state index contributed by atoms with van der Waals surface area (Å²) < 4.78 is 62.7. The van der Waals surface area contributed by atoms with E-state index in [0.717, 1.165) is 0 Å². The van der Waals surface area contributed by atoms with Crippen LogP contribution in [0.4, 0.5) is 13.2 Å². The molecule has 5 nitrogen and oxygen atoms in total. The van der Waals surface area contributed by atoms with E-state index in [4.69, 9.17) is 0 Å². The molecule has 0 bridgehead atoms. The molecule has 1 amide bonds. The Morgan fingerprint density at radius 2 is 1.86 bits per heavy atom. The molecule has 1 atom stereocenters. The first kappa shape index (κ1) is 18.8. The first-order valence-electron chi connectivity index (χ1n) is 6.73. The second-order valence-electron chi connectivity index (χ2n) is 6.25. The fraction of sp³-hybridized carbons (Fsp3) is 0.769. The largest absolute Gasteiger partial charge is 0.534 e. The quantitative estimate of drug-likeness (QED) is 0.584. The Labute approximate surface area is 128 Å². The molecular formula is C13H20F3NO4S. The molecule has 9 heteroatoms. The summed E-state index contributed by atoms with van der Waals surface area (Å²) in [6.45, 7) is 5.32. The van der Waals surface area contributed by atoms with Crippen LogP contribution in [-0.2, 0) is 19.1 Å². The maximum atomic E-state index is 12.2. The normalized spacial score (nSPS) is 20.3. The SMILES string of the molecule is CN(C(=O)C(C)(C)C)C1CC=C(OS(=O)(=O)C(F)(F)F)CC1. The lowest BCUT2D eigenvalue weighted by Gasteiger charge is -2.34. The van der Waals surface area contributed by atoms with E-state index in [2.05, 4.69) is 4.18 Å². The van der Waals surface area contributed by atoms with Gasteiger partial charge in [-0.2, -0.15) is 21.6 Å². The molecule has 0 radical (unpaired) electrons. The zero-order valence-corrected chi connectivity index (χ0v) is 13.7. The molecule has 0 aromatic carbocycles. The second kappa shape index (κ2) is 6.10. The molecule has 0 saturated carbocycles. The van der Waals surface area contributed by atoms with Gasteiger partial charge in [0.25, 0.3) is 0 Å². The summed E-state index contributed by atoms with van der Waals surface area (Å²) in [7, 11) is -3.99. The summed E-state index contributed by atoms with van der Waals surface area (Å²) in [5.74, 6) is -0.316. The molecule has 1 rings (SSSR count). The van der Waals surface area contributed by atoms with Gasteiger partial charge in [0.1, 0.15) is 5.76 Å². The number of nitrogens with zero attached hydrogens (tertiary/aromatic N) is 1. The van der Waals surface area contributed by atoms with Crippen LogP contribution in [0, 0.1) is 5.41 Å². The Kier molecular flexibility index (Phi) is 5.21. The lowest BCUT2D eigenvalue weighted by Crippen LogP contribution is -2.43. The van der Waals surface area contributed by atoms with Gasteiger partial charge in [0.05, 0.1) is 0 Å². The van der Waals surface area contributed by atoms with E-state index in [1.807, 2.05) is 0 Å². The molecular weight excluding hydrogens is 323 g/mol. The van der Waals surface area contributed by atoms with Crippen LogP contribution in [0.15, 0.2) is 11.8 Å². The highest BCUT2D eigenvalue weighted by Gasteiger charge is 2.49. The fourth-order valence-corrected chi connectivity index (χ4v) is 2.63. The van der Waals surface area contributed by atoms with Crippen LogP contribution < -0.4 is 0 Å². The number of amides is 1. The minimum atomic E-state index is -5.62. The Balaban J connectivity index is 2.73. The standard InChI is InChI=1S/C13H20F3NO4S/c1-12(2,3)11(18)17(4)9-5-7-10(8-6-9)21-22(19,20)13(14,15)16/h7,9H,5-6,8H2,1-4H3. The van der Waals surface area contributed by atoms with Crippen molar-refractivity contribution < 1.29 is 30.6 Å². The molecule has 0 fully saturated rings. The van der Waals surface area contributed by atoms with Crippen molar-refractivity contribution in [3.63, 3.8) is 0 Å². The second-order valence-corrected chi connectivity index (χ2v) is 7.79. The molecule has 1 aliphatic carbocycles. The Morgan fingerprint density at radius 1 is 1.32 bits per heavy atom. The van der Waals surface area contributed by atoms with E-state index in [-0.39, 0.29) is 30.5 Å². The molecule has 1 aliphatic rings. The third-order valence-electron chi connectivity index (χ3n) is 3.35. The van der Waals surface area contributed by atoms with E-state index in [1.165, 1.54) is 6.08 Å². The minimum Gasteiger partial charge on any atom is -0.381 e. The van der Waals surface area contributed by atoms with Crippen molar-refractivity contribution in [3.05, 3.63) is 11.8 Å². The lowest BCUT2D eigenvalue weighted by atomic mass is 9.92. The molecule has 0 spiro atoms. The summed E-state index contributed by atoms with van der Waals surface area (Å²) >= 11 is 0. The average molecular weight is 343 g/mol. The van der Waals surface area contributed by atoms with Crippen LogP contribution in [0.25, 0.3) is 0 Å². The highest BCUT2D eigenvalue weighted by atomic mass is 32.2. The van der Waals surface area contributed by atoms with Gasteiger partial charge in [0, 0.05) is 24.9 Å². The fourth-order valence-electron chi connectivity index (χ4n) is 2.11. The maximum absolute atomic E-state index is 12.2. The van der Waals surface area contributed by atoms with Crippen LogP contribution in [0.1, 0.15) is 40.0 Å². The molecule has 1 unspecified atom stereocenters. The predicted molar refractivity (Wildman–Crippen MR) is 74.0 cm³/mol. The van der Waals surface area contributed by atoms with E-state index < -0.39 is 21.0 Å². The van der Waals surface area contributed by atoms with Crippen LogP contribution in [-0.4, -0.2) is 37.8 Å². The smallest absolute Gasteiger partial charge is 0.381 e. The van der Waals surface area contributed by atoms with Crippen molar-refractivity contribution in [2.75, 3.05) is 7.05 Å². The van der Waals surface area contributed by atoms with Gasteiger partial charge in [-0.3, -0.25) is 4.79 Å². The van der Waals surface area contributed by atoms with E-state index in [1.54, 1.807) is 32.7 Å². The third-order valence-corrected chi connectivity index (χ3v) is 4.35. The third kappa shape index (κ3) is 4.37. The van der Waals surface area contributed by atoms with Gasteiger partial charge in [-0.1, -0.05) is 20.8 Å². The van der Waals surface area contributed by atoms with Crippen molar-refractivity contribution in [1.29, 1.82) is 0 Å². The average Bonchev–Trinajstić information content (AvgIpc) is 2.35. The Hall–Kier alpha value is -1.25. The highest BCUT2D eigenvalue weighted by molar-refractivity contribution is 7.87. The van der Waals surface area contributed by atoms with Gasteiger partial charge < -0.3 is 9.08 Å². The topological polar surface area (TPSA) is 63.7 Å². The monoisotopic (exact) mass is 343 g/mol. The molecule has 0 aliphatic heterocycles. The van der Waals surface area contributed by atoms with Crippen LogP contribution in [0.2, 0.25) is 0 Å². The number of hydrogen-bond acceptors (Lipinski definition) is 4. The number of carbonyl (C=O) groups excluding carboxylic acids is 1. The number of rotatable bonds is 3. The highest BCUT2D eigenvalue weighted by Crippen LogP contribution is 2.31. The zero-order valence-electron chi connectivity index (χ0n) is 12.9. The summed E-state index contributed by atoms with van der Waals surface area (Å²) in [6, 6.07) is -0.187.